The Morgan fingerprint density at radius 2 is 1.50 bits per heavy atom. The second kappa shape index (κ2) is 3.33. The summed E-state index contributed by atoms with van der Waals surface area (Å²) in [6.07, 6.45) is 0. The van der Waals surface area contributed by atoms with E-state index in [0.717, 1.165) is 0 Å². The van der Waals surface area contributed by atoms with E-state index in [9.17, 15) is 0 Å². The summed E-state index contributed by atoms with van der Waals surface area (Å²) in [4.78, 5) is 11.4. The van der Waals surface area contributed by atoms with Crippen LogP contribution in [-0.2, 0) is 0 Å². The molecule has 0 amide bonds. The van der Waals surface area contributed by atoms with Crippen LogP contribution in [0.5, 0.6) is 11.5 Å². The van der Waals surface area contributed by atoms with Gasteiger partial charge in [-0.3, -0.25) is 0 Å². The molecule has 0 N–H and O–H groups in total. The van der Waals surface area contributed by atoms with E-state index in [0.29, 0.717) is 0 Å². The summed E-state index contributed by atoms with van der Waals surface area (Å²) in [5.41, 5.74) is 16.9. The molecule has 0 fully saturated rings. The molecule has 2 rings (SSSR count). The second-order valence-electron chi connectivity index (χ2n) is 2.77. The van der Waals surface area contributed by atoms with Crippen LogP contribution in [0.3, 0.4) is 0 Å². The zero-order valence-corrected chi connectivity index (χ0v) is 9.28. The van der Waals surface area contributed by atoms with Gasteiger partial charge in [-0.15, -0.1) is 0 Å². The van der Waals surface area contributed by atoms with Gasteiger partial charge >= 0.3 is 93.4 Å². The minimum atomic E-state index is -4.53. The molecule has 1 aliphatic rings. The number of hydrogen-bond donors (Lipinski definition) is 0. The van der Waals surface area contributed by atoms with Crippen molar-refractivity contribution in [3.8, 4) is 11.5 Å². The van der Waals surface area contributed by atoms with Crippen LogP contribution in [0.25, 0.3) is 20.9 Å². The van der Waals surface area contributed by atoms with Crippen LogP contribution in [0, 0.1) is 0 Å². The normalized spacial score (nSPS) is 20.7. The number of para-hydroxylation sites is 2. The molecule has 8 nitrogen and oxygen atoms in total. The Morgan fingerprint density at radius 3 is 1.88 bits per heavy atom. The summed E-state index contributed by atoms with van der Waals surface area (Å²) in [7, 11) is 0. The van der Waals surface area contributed by atoms with E-state index in [-0.39, 0.29) is 11.5 Å². The number of azide groups is 1. The maximum atomic E-state index is 8.43. The van der Waals surface area contributed by atoms with Crippen LogP contribution < -0.4 is 9.05 Å². The molecule has 0 aromatic heterocycles. The molecule has 1 aliphatic heterocycles. The molecule has 1 aromatic rings. The van der Waals surface area contributed by atoms with Crippen molar-refractivity contribution < 1.29 is 9.05 Å². The monoisotopic (exact) mass is 258 g/mol. The van der Waals surface area contributed by atoms with Gasteiger partial charge in [0.25, 0.3) is 0 Å². The molecule has 0 atom stereocenters. The Bertz CT molecular complexity index is 505. The first-order chi connectivity index (χ1) is 7.59. The Labute approximate surface area is 94.0 Å². The zero-order valence-electron chi connectivity index (χ0n) is 7.63. The molecular weight excluding hydrogens is 255 g/mol. The first kappa shape index (κ1) is 10.7. The van der Waals surface area contributed by atoms with Crippen molar-refractivity contribution in [2.24, 2.45) is 9.77 Å². The molecule has 0 bridgehead atoms. The van der Waals surface area contributed by atoms with E-state index in [4.69, 9.17) is 31.4 Å². The van der Waals surface area contributed by atoms with E-state index in [1.54, 1.807) is 24.3 Å². The van der Waals surface area contributed by atoms with Crippen molar-refractivity contribution in [3.05, 3.63) is 45.2 Å². The van der Waals surface area contributed by atoms with Crippen molar-refractivity contribution in [1.29, 1.82) is 0 Å². The van der Waals surface area contributed by atoms with Crippen LogP contribution in [-0.4, -0.2) is 0 Å². The third kappa shape index (κ3) is 1.56. The maximum absolute atomic E-state index is 8.43. The quantitative estimate of drug-likeness (QED) is 0.337. The van der Waals surface area contributed by atoms with Crippen LogP contribution in [0.1, 0.15) is 0 Å². The average molecular weight is 259 g/mol. The summed E-state index contributed by atoms with van der Waals surface area (Å²) >= 11 is 5.94. The van der Waals surface area contributed by atoms with E-state index < -0.39 is 6.71 Å². The van der Waals surface area contributed by atoms with Gasteiger partial charge in [-0.1, -0.05) is 0 Å². The summed E-state index contributed by atoms with van der Waals surface area (Å²) < 4.78 is 10.4. The first-order valence-corrected chi connectivity index (χ1v) is 6.85. The summed E-state index contributed by atoms with van der Waals surface area (Å²) in [6, 6.07) is 6.48. The molecular formula is C6H4ClN6O2P. The Balaban J connectivity index is 2.58. The number of benzene rings is 1. The zero-order chi connectivity index (χ0) is 11.7. The standard InChI is InChI=1S/C6H4ClN6O2P/c7-16(12-10-8,13-11-9)14-5-3-1-2-4-6(5)15-16/h1-4H. The van der Waals surface area contributed by atoms with Gasteiger partial charge in [0.1, 0.15) is 0 Å². The predicted octanol–water partition coefficient (Wildman–Crippen LogP) is 4.45. The second-order valence-corrected chi connectivity index (χ2v) is 6.78. The number of halogens is 1. The molecule has 82 valence electrons. The SMILES string of the molecule is [N-]=[N+]=NP1(Cl)(N=[N+]=[N-])Oc2ccccc2O1. The molecule has 16 heavy (non-hydrogen) atoms. The molecule has 0 aliphatic carbocycles. The fourth-order valence-electron chi connectivity index (χ4n) is 1.17. The third-order valence-electron chi connectivity index (χ3n) is 1.73. The first-order valence-electron chi connectivity index (χ1n) is 3.97. The van der Waals surface area contributed by atoms with Crippen LogP contribution in [0.2, 0.25) is 0 Å². The summed E-state index contributed by atoms with van der Waals surface area (Å²) in [5.74, 6) is 0.546. The summed E-state index contributed by atoms with van der Waals surface area (Å²) in [5, 5.41) is 0. The topological polar surface area (TPSA) is 116 Å². The van der Waals surface area contributed by atoms with Crippen molar-refractivity contribution in [2.75, 3.05) is 0 Å². The van der Waals surface area contributed by atoms with Gasteiger partial charge in [0.05, 0.1) is 0 Å². The van der Waals surface area contributed by atoms with Gasteiger partial charge in [-0.25, -0.2) is 0 Å². The van der Waals surface area contributed by atoms with Gasteiger partial charge < -0.3 is 0 Å². The van der Waals surface area contributed by atoms with Gasteiger partial charge in [-0.2, -0.15) is 0 Å². The van der Waals surface area contributed by atoms with Crippen molar-refractivity contribution >= 4 is 18.0 Å². The molecule has 1 aromatic carbocycles. The van der Waals surface area contributed by atoms with Gasteiger partial charge in [0, 0.05) is 0 Å². The van der Waals surface area contributed by atoms with E-state index in [1.165, 1.54) is 0 Å². The summed E-state index contributed by atoms with van der Waals surface area (Å²) in [6.45, 7) is -4.53. The van der Waals surface area contributed by atoms with Crippen LogP contribution >= 0.6 is 18.0 Å². The molecule has 0 radical (unpaired) electrons. The minimum absolute atomic E-state index is 0.273. The molecule has 0 saturated heterocycles. The van der Waals surface area contributed by atoms with E-state index in [2.05, 4.69) is 19.6 Å². The molecule has 0 saturated carbocycles. The van der Waals surface area contributed by atoms with Crippen LogP contribution in [0.4, 0.5) is 0 Å². The molecule has 0 unspecified atom stereocenters. The Kier molecular flexibility index (Phi) is 2.22. The van der Waals surface area contributed by atoms with Gasteiger partial charge in [0.2, 0.25) is 0 Å². The average Bonchev–Trinajstić information content (AvgIpc) is 2.51. The number of nitrogens with zero attached hydrogens (tertiary/aromatic N) is 6. The van der Waals surface area contributed by atoms with Gasteiger partial charge in [-0.05, 0) is 0 Å². The molecule has 1 heterocycles. The van der Waals surface area contributed by atoms with Crippen molar-refractivity contribution in [3.63, 3.8) is 0 Å². The number of fused-ring (bicyclic) bond motifs is 1. The van der Waals surface area contributed by atoms with Gasteiger partial charge in [0.15, 0.2) is 0 Å². The fraction of sp³-hybridized carbons (Fsp3) is 0. The Morgan fingerprint density at radius 1 is 1.06 bits per heavy atom. The van der Waals surface area contributed by atoms with Crippen molar-refractivity contribution in [2.45, 2.75) is 0 Å². The fourth-order valence-corrected chi connectivity index (χ4v) is 3.24. The van der Waals surface area contributed by atoms with Crippen LogP contribution in [0.15, 0.2) is 34.0 Å². The molecule has 0 spiro atoms. The number of rotatable bonds is 2. The van der Waals surface area contributed by atoms with Crippen molar-refractivity contribution in [1.82, 2.24) is 0 Å². The molecule has 10 heteroatoms. The Hall–Kier alpha value is -1.84. The number of hydrogen-bond acceptors (Lipinski definition) is 4. The van der Waals surface area contributed by atoms with E-state index in [1.807, 2.05) is 0 Å². The predicted molar refractivity (Wildman–Crippen MR) is 58.8 cm³/mol. The third-order valence-corrected chi connectivity index (χ3v) is 4.30. The van der Waals surface area contributed by atoms with E-state index >= 15 is 0 Å².